The van der Waals surface area contributed by atoms with Crippen molar-refractivity contribution in [3.05, 3.63) is 115 Å². The van der Waals surface area contributed by atoms with Gasteiger partial charge in [-0.25, -0.2) is 4.68 Å². The average molecular weight is 466 g/mol. The summed E-state index contributed by atoms with van der Waals surface area (Å²) >= 11 is 0. The van der Waals surface area contributed by atoms with Gasteiger partial charge in [0.05, 0.1) is 18.3 Å². The molecule has 1 N–H and O–H groups in total. The number of benzene rings is 3. The van der Waals surface area contributed by atoms with Crippen LogP contribution < -0.4 is 10.2 Å². The highest BCUT2D eigenvalue weighted by molar-refractivity contribution is 6.01. The van der Waals surface area contributed by atoms with Crippen LogP contribution in [0.2, 0.25) is 0 Å². The van der Waals surface area contributed by atoms with Gasteiger partial charge in [0.25, 0.3) is 0 Å². The van der Waals surface area contributed by atoms with Gasteiger partial charge >= 0.3 is 0 Å². The summed E-state index contributed by atoms with van der Waals surface area (Å²) in [4.78, 5) is 29.0. The summed E-state index contributed by atoms with van der Waals surface area (Å²) < 4.78 is 6.91. The van der Waals surface area contributed by atoms with E-state index in [9.17, 15) is 9.59 Å². The van der Waals surface area contributed by atoms with E-state index in [0.717, 1.165) is 5.52 Å². The van der Waals surface area contributed by atoms with Crippen molar-refractivity contribution in [2.24, 2.45) is 0 Å². The molecule has 174 valence electrons. The summed E-state index contributed by atoms with van der Waals surface area (Å²) in [6, 6.07) is 28.5. The molecule has 8 nitrogen and oxygen atoms in total. The third kappa shape index (κ3) is 4.81. The van der Waals surface area contributed by atoms with Gasteiger partial charge in [-0.2, -0.15) is 0 Å². The maximum absolute atomic E-state index is 13.8. The average Bonchev–Trinajstić information content (AvgIpc) is 3.57. The predicted octanol–water partition coefficient (Wildman–Crippen LogP) is 4.12. The number of carbonyl (C=O) groups is 2. The second-order valence-corrected chi connectivity index (χ2v) is 7.95. The van der Waals surface area contributed by atoms with E-state index in [1.54, 1.807) is 23.1 Å². The Morgan fingerprint density at radius 2 is 1.60 bits per heavy atom. The van der Waals surface area contributed by atoms with E-state index in [0.29, 0.717) is 22.5 Å². The highest BCUT2D eigenvalue weighted by Gasteiger charge is 2.33. The molecule has 0 aliphatic carbocycles. The summed E-state index contributed by atoms with van der Waals surface area (Å²) in [6.45, 7) is 0.129. The molecular weight excluding hydrogens is 442 g/mol. The smallest absolute Gasteiger partial charge is 0.249 e. The summed E-state index contributed by atoms with van der Waals surface area (Å²) in [5, 5.41) is 11.2. The van der Waals surface area contributed by atoms with Crippen LogP contribution in [-0.4, -0.2) is 26.8 Å². The Kier molecular flexibility index (Phi) is 6.34. The van der Waals surface area contributed by atoms with Crippen molar-refractivity contribution < 1.29 is 14.0 Å². The second kappa shape index (κ2) is 10.0. The lowest BCUT2D eigenvalue weighted by atomic mass is 10.0. The van der Waals surface area contributed by atoms with Gasteiger partial charge in [-0.3, -0.25) is 14.5 Å². The molecule has 5 rings (SSSR count). The standard InChI is InChI=1S/C27H23N5O3/c33-25(19-31-24-16-8-7-15-23(24)29-30-31)32(21-12-5-2-6-13-21)26(20-10-3-1-4-11-20)27(34)28-18-22-14-9-17-35-22/h1-17,26H,18-19H2,(H,28,34)/t26-/m1/s1. The molecule has 0 saturated heterocycles. The van der Waals surface area contributed by atoms with E-state index < -0.39 is 6.04 Å². The number of nitrogens with one attached hydrogen (secondary N) is 1. The minimum atomic E-state index is -0.907. The Hall–Kier alpha value is -4.72. The zero-order valence-corrected chi connectivity index (χ0v) is 18.8. The third-order valence-corrected chi connectivity index (χ3v) is 5.65. The highest BCUT2D eigenvalue weighted by atomic mass is 16.3. The van der Waals surface area contributed by atoms with Crippen molar-refractivity contribution in [3.8, 4) is 0 Å². The number of fused-ring (bicyclic) bond motifs is 1. The number of anilines is 1. The van der Waals surface area contributed by atoms with Crippen molar-refractivity contribution in [3.63, 3.8) is 0 Å². The molecule has 0 unspecified atom stereocenters. The SMILES string of the molecule is O=C(NCc1ccco1)[C@@H](c1ccccc1)N(C(=O)Cn1nnc2ccccc21)c1ccccc1. The number of furan rings is 1. The quantitative estimate of drug-likeness (QED) is 0.372. The maximum Gasteiger partial charge on any atom is 0.249 e. The van der Waals surface area contributed by atoms with Crippen LogP contribution in [0.1, 0.15) is 17.4 Å². The van der Waals surface area contributed by atoms with Crippen molar-refractivity contribution in [1.82, 2.24) is 20.3 Å². The number of para-hydroxylation sites is 2. The van der Waals surface area contributed by atoms with E-state index >= 15 is 0 Å². The molecule has 0 radical (unpaired) electrons. The largest absolute Gasteiger partial charge is 0.467 e. The van der Waals surface area contributed by atoms with Crippen LogP contribution in [0.5, 0.6) is 0 Å². The summed E-state index contributed by atoms with van der Waals surface area (Å²) in [5.74, 6) is -0.000981. The first kappa shape index (κ1) is 22.1. The Labute approximate surface area is 201 Å². The lowest BCUT2D eigenvalue weighted by Gasteiger charge is -2.31. The van der Waals surface area contributed by atoms with Crippen molar-refractivity contribution in [1.29, 1.82) is 0 Å². The summed E-state index contributed by atoms with van der Waals surface area (Å²) in [7, 11) is 0. The fourth-order valence-electron chi connectivity index (χ4n) is 4.00. The number of hydrogen-bond donors (Lipinski definition) is 1. The van der Waals surface area contributed by atoms with Crippen LogP contribution in [0.15, 0.2) is 108 Å². The number of hydrogen-bond acceptors (Lipinski definition) is 5. The number of carbonyl (C=O) groups excluding carboxylic acids is 2. The van der Waals surface area contributed by atoms with Gasteiger partial charge in [-0.1, -0.05) is 65.9 Å². The molecule has 2 heterocycles. The molecule has 0 aliphatic rings. The van der Waals surface area contributed by atoms with E-state index in [2.05, 4.69) is 15.6 Å². The Morgan fingerprint density at radius 3 is 2.34 bits per heavy atom. The number of nitrogens with zero attached hydrogens (tertiary/aromatic N) is 4. The molecule has 0 fully saturated rings. The molecule has 0 aliphatic heterocycles. The molecule has 0 bridgehead atoms. The zero-order chi connectivity index (χ0) is 24.0. The third-order valence-electron chi connectivity index (χ3n) is 5.65. The van der Waals surface area contributed by atoms with Crippen LogP contribution >= 0.6 is 0 Å². The second-order valence-electron chi connectivity index (χ2n) is 7.95. The fraction of sp³-hybridized carbons (Fsp3) is 0.111. The van der Waals surface area contributed by atoms with Gasteiger partial charge in [-0.05, 0) is 42.0 Å². The summed E-state index contributed by atoms with van der Waals surface area (Å²) in [6.07, 6.45) is 1.55. The van der Waals surface area contributed by atoms with Gasteiger partial charge in [0, 0.05) is 5.69 Å². The van der Waals surface area contributed by atoms with Gasteiger partial charge in [0.15, 0.2) is 0 Å². The number of rotatable bonds is 8. The van der Waals surface area contributed by atoms with Gasteiger partial charge in [0.1, 0.15) is 23.9 Å². The van der Waals surface area contributed by atoms with Crippen LogP contribution in [0.3, 0.4) is 0 Å². The van der Waals surface area contributed by atoms with E-state index in [1.165, 1.54) is 4.90 Å². The molecule has 3 aromatic carbocycles. The van der Waals surface area contributed by atoms with E-state index in [1.807, 2.05) is 84.9 Å². The summed E-state index contributed by atoms with van der Waals surface area (Å²) in [5.41, 5.74) is 2.73. The molecule has 1 atom stereocenters. The lowest BCUT2D eigenvalue weighted by molar-refractivity contribution is -0.127. The first-order valence-electron chi connectivity index (χ1n) is 11.2. The molecular formula is C27H23N5O3. The van der Waals surface area contributed by atoms with Gasteiger partial charge < -0.3 is 9.73 Å². The first-order chi connectivity index (χ1) is 17.2. The highest BCUT2D eigenvalue weighted by Crippen LogP contribution is 2.28. The van der Waals surface area contributed by atoms with Crippen LogP contribution in [0.25, 0.3) is 11.0 Å². The van der Waals surface area contributed by atoms with Crippen molar-refractivity contribution >= 4 is 28.5 Å². The number of amides is 2. The Bertz CT molecular complexity index is 1420. The van der Waals surface area contributed by atoms with Crippen molar-refractivity contribution in [2.75, 3.05) is 4.90 Å². The monoisotopic (exact) mass is 465 g/mol. The van der Waals surface area contributed by atoms with Crippen LogP contribution in [0, 0.1) is 0 Å². The Balaban J connectivity index is 1.52. The number of aromatic nitrogens is 3. The van der Waals surface area contributed by atoms with Gasteiger partial charge in [0.2, 0.25) is 11.8 Å². The molecule has 35 heavy (non-hydrogen) atoms. The minimum absolute atomic E-state index is 0.0792. The lowest BCUT2D eigenvalue weighted by Crippen LogP contribution is -2.45. The molecule has 0 saturated carbocycles. The molecule has 8 heteroatoms. The van der Waals surface area contributed by atoms with Crippen LogP contribution in [-0.2, 0) is 22.7 Å². The zero-order valence-electron chi connectivity index (χ0n) is 18.8. The van der Waals surface area contributed by atoms with Gasteiger partial charge in [-0.15, -0.1) is 5.10 Å². The fourth-order valence-corrected chi connectivity index (χ4v) is 4.00. The minimum Gasteiger partial charge on any atom is -0.467 e. The topological polar surface area (TPSA) is 93.3 Å². The normalized spacial score (nSPS) is 11.8. The van der Waals surface area contributed by atoms with E-state index in [4.69, 9.17) is 4.42 Å². The maximum atomic E-state index is 13.8. The Morgan fingerprint density at radius 1 is 0.886 bits per heavy atom. The molecule has 0 spiro atoms. The van der Waals surface area contributed by atoms with Crippen LogP contribution in [0.4, 0.5) is 5.69 Å². The molecule has 2 amide bonds. The first-order valence-corrected chi connectivity index (χ1v) is 11.2. The predicted molar refractivity (Wildman–Crippen MR) is 131 cm³/mol. The van der Waals surface area contributed by atoms with Crippen molar-refractivity contribution in [2.45, 2.75) is 19.1 Å². The van der Waals surface area contributed by atoms with E-state index in [-0.39, 0.29) is 24.9 Å². The molecule has 2 aromatic heterocycles. The molecule has 5 aromatic rings.